The number of rotatable bonds is 3. The van der Waals surface area contributed by atoms with Crippen LogP contribution in [-0.2, 0) is 0 Å². The lowest BCUT2D eigenvalue weighted by molar-refractivity contribution is 0.246. The normalized spacial score (nSPS) is 20.0. The van der Waals surface area contributed by atoms with Gasteiger partial charge in [-0.2, -0.15) is 4.68 Å². The molecule has 2 aromatic rings. The van der Waals surface area contributed by atoms with E-state index in [2.05, 4.69) is 56.5 Å². The highest BCUT2D eigenvalue weighted by molar-refractivity contribution is 5.42. The molecular formula is C15H20N6. The van der Waals surface area contributed by atoms with Crippen LogP contribution >= 0.6 is 0 Å². The van der Waals surface area contributed by atoms with Gasteiger partial charge in [0.25, 0.3) is 0 Å². The molecule has 0 atom stereocenters. The zero-order valence-corrected chi connectivity index (χ0v) is 12.3. The van der Waals surface area contributed by atoms with E-state index < -0.39 is 0 Å². The average Bonchev–Trinajstić information content (AvgIpc) is 3.26. The highest BCUT2D eigenvalue weighted by Crippen LogP contribution is 2.28. The lowest BCUT2D eigenvalue weighted by atomic mass is 10.2. The summed E-state index contributed by atoms with van der Waals surface area (Å²) in [6.07, 6.45) is 2.75. The van der Waals surface area contributed by atoms with E-state index in [1.54, 1.807) is 0 Å². The van der Waals surface area contributed by atoms with Gasteiger partial charge in [0.1, 0.15) is 0 Å². The fourth-order valence-electron chi connectivity index (χ4n) is 2.96. The molecule has 1 aliphatic heterocycles. The molecule has 6 nitrogen and oxygen atoms in total. The molecule has 2 aliphatic rings. The van der Waals surface area contributed by atoms with E-state index in [1.807, 2.05) is 4.68 Å². The van der Waals surface area contributed by atoms with E-state index in [9.17, 15) is 0 Å². The number of hydrogen-bond donors (Lipinski definition) is 0. The van der Waals surface area contributed by atoms with Gasteiger partial charge in [0.2, 0.25) is 5.95 Å². The minimum Gasteiger partial charge on any atom is -0.337 e. The van der Waals surface area contributed by atoms with Gasteiger partial charge >= 0.3 is 0 Å². The Morgan fingerprint density at radius 2 is 1.71 bits per heavy atom. The Bertz CT molecular complexity index is 607. The van der Waals surface area contributed by atoms with Crippen LogP contribution in [0.3, 0.4) is 0 Å². The van der Waals surface area contributed by atoms with Crippen LogP contribution in [0.15, 0.2) is 24.3 Å². The zero-order valence-electron chi connectivity index (χ0n) is 12.3. The van der Waals surface area contributed by atoms with E-state index >= 15 is 0 Å². The first-order chi connectivity index (χ1) is 10.3. The first kappa shape index (κ1) is 12.8. The summed E-state index contributed by atoms with van der Waals surface area (Å²) in [7, 11) is 0. The van der Waals surface area contributed by atoms with Crippen LogP contribution in [-0.4, -0.2) is 57.3 Å². The molecule has 0 bridgehead atoms. The minimum absolute atomic E-state index is 0.847. The predicted octanol–water partition coefficient (Wildman–Crippen LogP) is 1.26. The van der Waals surface area contributed by atoms with Gasteiger partial charge in [0.15, 0.2) is 0 Å². The number of aromatic nitrogens is 4. The van der Waals surface area contributed by atoms with Gasteiger partial charge in [-0.25, -0.2) is 0 Å². The Morgan fingerprint density at radius 1 is 1.00 bits per heavy atom. The molecule has 2 fully saturated rings. The highest BCUT2D eigenvalue weighted by atomic mass is 15.6. The molecule has 1 saturated heterocycles. The third-order valence-electron chi connectivity index (χ3n) is 4.39. The lowest BCUT2D eigenvalue weighted by Crippen LogP contribution is -2.48. The molecule has 1 aromatic carbocycles. The summed E-state index contributed by atoms with van der Waals surface area (Å²) >= 11 is 0. The standard InChI is InChI=1S/C15H20N6/c1-12-2-4-14(5-3-12)21-15(16-17-18-21)20-10-8-19(9-11-20)13-6-7-13/h2-5,13H,6-11H2,1H3. The van der Waals surface area contributed by atoms with Gasteiger partial charge in [-0.05, 0) is 42.3 Å². The van der Waals surface area contributed by atoms with Crippen LogP contribution in [0.1, 0.15) is 18.4 Å². The average molecular weight is 284 g/mol. The van der Waals surface area contributed by atoms with Crippen LogP contribution < -0.4 is 4.90 Å². The number of anilines is 1. The van der Waals surface area contributed by atoms with Crippen molar-refractivity contribution < 1.29 is 0 Å². The molecule has 1 saturated carbocycles. The van der Waals surface area contributed by atoms with E-state index in [0.717, 1.165) is 43.9 Å². The fourth-order valence-corrected chi connectivity index (χ4v) is 2.96. The smallest absolute Gasteiger partial charge is 0.250 e. The van der Waals surface area contributed by atoms with Crippen molar-refractivity contribution in [2.75, 3.05) is 31.1 Å². The number of tetrazole rings is 1. The molecule has 1 aromatic heterocycles. The number of benzene rings is 1. The van der Waals surface area contributed by atoms with Crippen molar-refractivity contribution >= 4 is 5.95 Å². The molecule has 0 N–H and O–H groups in total. The molecular weight excluding hydrogens is 264 g/mol. The van der Waals surface area contributed by atoms with Crippen molar-refractivity contribution in [2.24, 2.45) is 0 Å². The van der Waals surface area contributed by atoms with Gasteiger partial charge in [-0.3, -0.25) is 4.90 Å². The van der Waals surface area contributed by atoms with Crippen molar-refractivity contribution in [1.29, 1.82) is 0 Å². The SMILES string of the molecule is Cc1ccc(-n2nnnc2N2CCN(C3CC3)CC2)cc1. The Labute approximate surface area is 124 Å². The van der Waals surface area contributed by atoms with Crippen LogP contribution in [0, 0.1) is 6.92 Å². The second kappa shape index (κ2) is 5.11. The Morgan fingerprint density at radius 3 is 2.38 bits per heavy atom. The zero-order chi connectivity index (χ0) is 14.2. The molecule has 0 spiro atoms. The molecule has 6 heteroatoms. The third-order valence-corrected chi connectivity index (χ3v) is 4.39. The first-order valence-electron chi connectivity index (χ1n) is 7.66. The van der Waals surface area contributed by atoms with Crippen LogP contribution in [0.25, 0.3) is 5.69 Å². The number of nitrogens with zero attached hydrogens (tertiary/aromatic N) is 6. The highest BCUT2D eigenvalue weighted by Gasteiger charge is 2.32. The van der Waals surface area contributed by atoms with E-state index in [1.165, 1.54) is 18.4 Å². The maximum absolute atomic E-state index is 4.23. The van der Waals surface area contributed by atoms with Crippen LogP contribution in [0.2, 0.25) is 0 Å². The van der Waals surface area contributed by atoms with Crippen molar-refractivity contribution in [1.82, 2.24) is 25.1 Å². The Hall–Kier alpha value is -1.95. The maximum Gasteiger partial charge on any atom is 0.250 e. The molecule has 110 valence electrons. The van der Waals surface area contributed by atoms with Gasteiger partial charge in [0.05, 0.1) is 5.69 Å². The van der Waals surface area contributed by atoms with E-state index in [4.69, 9.17) is 0 Å². The monoisotopic (exact) mass is 284 g/mol. The quantitative estimate of drug-likeness (QED) is 0.849. The number of aryl methyl sites for hydroxylation is 1. The third kappa shape index (κ3) is 2.51. The molecule has 4 rings (SSSR count). The minimum atomic E-state index is 0.847. The number of hydrogen-bond acceptors (Lipinski definition) is 5. The topological polar surface area (TPSA) is 50.1 Å². The Kier molecular flexibility index (Phi) is 3.11. The summed E-state index contributed by atoms with van der Waals surface area (Å²) in [6, 6.07) is 9.16. The van der Waals surface area contributed by atoms with Gasteiger partial charge in [-0.1, -0.05) is 22.8 Å². The summed E-state index contributed by atoms with van der Waals surface area (Å²) in [5.41, 5.74) is 2.26. The van der Waals surface area contributed by atoms with Crippen molar-refractivity contribution in [3.05, 3.63) is 29.8 Å². The predicted molar refractivity (Wildman–Crippen MR) is 80.7 cm³/mol. The van der Waals surface area contributed by atoms with Crippen molar-refractivity contribution in [3.8, 4) is 5.69 Å². The van der Waals surface area contributed by atoms with Crippen LogP contribution in [0.4, 0.5) is 5.95 Å². The summed E-state index contributed by atoms with van der Waals surface area (Å²) in [5, 5.41) is 12.3. The summed E-state index contributed by atoms with van der Waals surface area (Å²) in [6.45, 7) is 6.32. The Balaban J connectivity index is 1.53. The second-order valence-electron chi connectivity index (χ2n) is 5.98. The largest absolute Gasteiger partial charge is 0.337 e. The van der Waals surface area contributed by atoms with Gasteiger partial charge in [-0.15, -0.1) is 0 Å². The molecule has 21 heavy (non-hydrogen) atoms. The number of piperazine rings is 1. The second-order valence-corrected chi connectivity index (χ2v) is 5.98. The van der Waals surface area contributed by atoms with Crippen molar-refractivity contribution in [2.45, 2.75) is 25.8 Å². The molecule has 0 amide bonds. The van der Waals surface area contributed by atoms with Crippen molar-refractivity contribution in [3.63, 3.8) is 0 Å². The fraction of sp³-hybridized carbons (Fsp3) is 0.533. The van der Waals surface area contributed by atoms with E-state index in [-0.39, 0.29) is 0 Å². The maximum atomic E-state index is 4.23. The lowest BCUT2D eigenvalue weighted by Gasteiger charge is -2.34. The molecule has 0 unspecified atom stereocenters. The van der Waals surface area contributed by atoms with Crippen LogP contribution in [0.5, 0.6) is 0 Å². The first-order valence-corrected chi connectivity index (χ1v) is 7.66. The molecule has 1 aliphatic carbocycles. The summed E-state index contributed by atoms with van der Waals surface area (Å²) < 4.78 is 1.84. The molecule has 0 radical (unpaired) electrons. The van der Waals surface area contributed by atoms with Gasteiger partial charge in [0, 0.05) is 32.2 Å². The molecule has 2 heterocycles. The van der Waals surface area contributed by atoms with E-state index in [0.29, 0.717) is 0 Å². The summed E-state index contributed by atoms with van der Waals surface area (Å²) in [4.78, 5) is 4.88. The summed E-state index contributed by atoms with van der Waals surface area (Å²) in [5.74, 6) is 0.856. The van der Waals surface area contributed by atoms with Gasteiger partial charge < -0.3 is 4.90 Å².